The summed E-state index contributed by atoms with van der Waals surface area (Å²) < 4.78 is 0. The van der Waals surface area contributed by atoms with Crippen LogP contribution in [-0.2, 0) is 13.0 Å². The van der Waals surface area contributed by atoms with Gasteiger partial charge in [-0.2, -0.15) is 0 Å². The third kappa shape index (κ3) is 5.08. The van der Waals surface area contributed by atoms with Crippen molar-refractivity contribution in [3.63, 3.8) is 0 Å². The molecule has 3 heteroatoms. The van der Waals surface area contributed by atoms with E-state index in [-0.39, 0.29) is 6.61 Å². The molecule has 0 spiro atoms. The Morgan fingerprint density at radius 2 is 2.05 bits per heavy atom. The summed E-state index contributed by atoms with van der Waals surface area (Å²) in [5.74, 6) is 0. The van der Waals surface area contributed by atoms with Crippen LogP contribution in [0.2, 0.25) is 0 Å². The molecule has 0 aliphatic heterocycles. The molecule has 2 N–H and O–H groups in total. The summed E-state index contributed by atoms with van der Waals surface area (Å²) >= 11 is 0. The van der Waals surface area contributed by atoms with Gasteiger partial charge in [0, 0.05) is 25.7 Å². The lowest BCUT2D eigenvalue weighted by Gasteiger charge is -2.21. The molecule has 0 unspecified atom stereocenters. The number of aliphatic hydroxyl groups is 1. The molecule has 1 aromatic carbocycles. The Balaban J connectivity index is 1.91. The van der Waals surface area contributed by atoms with Crippen LogP contribution in [0.1, 0.15) is 24.0 Å². The second-order valence-corrected chi connectivity index (χ2v) is 5.49. The van der Waals surface area contributed by atoms with Crippen molar-refractivity contribution in [1.29, 1.82) is 0 Å². The van der Waals surface area contributed by atoms with Crippen molar-refractivity contribution in [2.45, 2.75) is 31.8 Å². The lowest BCUT2D eigenvalue weighted by Crippen LogP contribution is -2.27. The smallest absolute Gasteiger partial charge is 0.0558 e. The molecule has 1 aliphatic carbocycles. The van der Waals surface area contributed by atoms with Gasteiger partial charge < -0.3 is 10.4 Å². The van der Waals surface area contributed by atoms with E-state index in [9.17, 15) is 0 Å². The number of hydrogen-bond acceptors (Lipinski definition) is 3. The number of rotatable bonds is 10. The molecule has 0 amide bonds. The summed E-state index contributed by atoms with van der Waals surface area (Å²) in [4.78, 5) is 2.22. The van der Waals surface area contributed by atoms with E-state index >= 15 is 0 Å². The average Bonchev–Trinajstić information content (AvgIpc) is 3.25. The minimum absolute atomic E-state index is 0.194. The van der Waals surface area contributed by atoms with Crippen LogP contribution in [0.25, 0.3) is 0 Å². The van der Waals surface area contributed by atoms with Gasteiger partial charge in [0.15, 0.2) is 0 Å². The van der Waals surface area contributed by atoms with E-state index in [1.54, 1.807) is 0 Å². The van der Waals surface area contributed by atoms with Gasteiger partial charge in [-0.15, -0.1) is 6.58 Å². The highest BCUT2D eigenvalue weighted by Gasteiger charge is 2.19. The molecule has 20 heavy (non-hydrogen) atoms. The van der Waals surface area contributed by atoms with Gasteiger partial charge in [-0.3, -0.25) is 4.90 Å². The summed E-state index contributed by atoms with van der Waals surface area (Å²) in [5, 5.41) is 12.7. The van der Waals surface area contributed by atoms with Crippen molar-refractivity contribution < 1.29 is 5.11 Å². The van der Waals surface area contributed by atoms with E-state index in [0.29, 0.717) is 6.54 Å². The minimum atomic E-state index is 0.194. The highest BCUT2D eigenvalue weighted by molar-refractivity contribution is 5.27. The Bertz CT molecular complexity index is 415. The number of hydrogen-bond donors (Lipinski definition) is 2. The van der Waals surface area contributed by atoms with E-state index < -0.39 is 0 Å². The lowest BCUT2D eigenvalue weighted by atomic mass is 10.0. The number of nitrogens with zero attached hydrogens (tertiary/aromatic N) is 1. The van der Waals surface area contributed by atoms with Gasteiger partial charge in [-0.25, -0.2) is 0 Å². The van der Waals surface area contributed by atoms with Crippen LogP contribution < -0.4 is 5.32 Å². The number of benzene rings is 1. The summed E-state index contributed by atoms with van der Waals surface area (Å²) in [5.41, 5.74) is 2.77. The minimum Gasteiger partial charge on any atom is -0.395 e. The van der Waals surface area contributed by atoms with Crippen LogP contribution in [0.4, 0.5) is 0 Å². The SMILES string of the molecule is C=CCN(CCO)Cc1ccccc1CCNC1CC1. The summed E-state index contributed by atoms with van der Waals surface area (Å²) in [6, 6.07) is 9.39. The Labute approximate surface area is 122 Å². The summed E-state index contributed by atoms with van der Waals surface area (Å²) in [6.45, 7) is 7.43. The van der Waals surface area contributed by atoms with Gasteiger partial charge in [0.05, 0.1) is 6.61 Å². The monoisotopic (exact) mass is 274 g/mol. The van der Waals surface area contributed by atoms with Crippen molar-refractivity contribution in [3.8, 4) is 0 Å². The molecule has 0 aromatic heterocycles. The first-order chi connectivity index (χ1) is 9.83. The largest absolute Gasteiger partial charge is 0.395 e. The van der Waals surface area contributed by atoms with Gasteiger partial charge >= 0.3 is 0 Å². The molecular weight excluding hydrogens is 248 g/mol. The zero-order valence-electron chi connectivity index (χ0n) is 12.2. The van der Waals surface area contributed by atoms with Crippen LogP contribution in [0.3, 0.4) is 0 Å². The van der Waals surface area contributed by atoms with Crippen molar-refractivity contribution in [2.24, 2.45) is 0 Å². The van der Waals surface area contributed by atoms with Crippen LogP contribution >= 0.6 is 0 Å². The molecule has 110 valence electrons. The van der Waals surface area contributed by atoms with E-state index in [1.807, 2.05) is 6.08 Å². The Morgan fingerprint density at radius 3 is 2.70 bits per heavy atom. The molecular formula is C17H26N2O. The van der Waals surface area contributed by atoms with Crippen molar-refractivity contribution in [1.82, 2.24) is 10.2 Å². The third-order valence-electron chi connectivity index (χ3n) is 3.72. The van der Waals surface area contributed by atoms with Crippen LogP contribution in [0, 0.1) is 0 Å². The van der Waals surface area contributed by atoms with E-state index in [4.69, 9.17) is 5.11 Å². The molecule has 1 aromatic rings. The van der Waals surface area contributed by atoms with Gasteiger partial charge in [-0.05, 0) is 36.9 Å². The summed E-state index contributed by atoms with van der Waals surface area (Å²) in [6.07, 6.45) is 5.65. The summed E-state index contributed by atoms with van der Waals surface area (Å²) in [7, 11) is 0. The third-order valence-corrected chi connectivity index (χ3v) is 3.72. The molecule has 0 atom stereocenters. The molecule has 1 saturated carbocycles. The molecule has 2 rings (SSSR count). The zero-order valence-corrected chi connectivity index (χ0v) is 12.2. The normalized spacial score (nSPS) is 14.7. The van der Waals surface area contributed by atoms with E-state index in [1.165, 1.54) is 24.0 Å². The number of aliphatic hydroxyl groups excluding tert-OH is 1. The topological polar surface area (TPSA) is 35.5 Å². The molecule has 0 bridgehead atoms. The highest BCUT2D eigenvalue weighted by atomic mass is 16.3. The standard InChI is InChI=1S/C17H26N2O/c1-2-11-19(12-13-20)14-16-6-4-3-5-15(16)9-10-18-17-7-8-17/h2-6,17-18,20H,1,7-14H2. The molecule has 3 nitrogen and oxygen atoms in total. The Hall–Kier alpha value is -1.16. The molecule has 0 radical (unpaired) electrons. The Morgan fingerprint density at radius 1 is 1.30 bits per heavy atom. The first-order valence-corrected chi connectivity index (χ1v) is 7.57. The van der Waals surface area contributed by atoms with E-state index in [0.717, 1.165) is 32.1 Å². The quantitative estimate of drug-likeness (QED) is 0.640. The molecule has 0 heterocycles. The molecule has 0 saturated heterocycles. The first kappa shape index (κ1) is 15.2. The average molecular weight is 274 g/mol. The predicted molar refractivity (Wildman–Crippen MR) is 83.7 cm³/mol. The maximum atomic E-state index is 9.13. The molecule has 1 fully saturated rings. The van der Waals surface area contributed by atoms with Crippen LogP contribution in [-0.4, -0.2) is 42.3 Å². The highest BCUT2D eigenvalue weighted by Crippen LogP contribution is 2.19. The predicted octanol–water partition coefficient (Wildman–Crippen LogP) is 1.96. The second kappa shape index (κ2) is 8.20. The van der Waals surface area contributed by atoms with Gasteiger partial charge in [-0.1, -0.05) is 30.3 Å². The van der Waals surface area contributed by atoms with Crippen molar-refractivity contribution in [3.05, 3.63) is 48.0 Å². The zero-order chi connectivity index (χ0) is 14.2. The van der Waals surface area contributed by atoms with Gasteiger partial charge in [0.25, 0.3) is 0 Å². The van der Waals surface area contributed by atoms with Crippen LogP contribution in [0.5, 0.6) is 0 Å². The van der Waals surface area contributed by atoms with Crippen LogP contribution in [0.15, 0.2) is 36.9 Å². The van der Waals surface area contributed by atoms with Crippen molar-refractivity contribution >= 4 is 0 Å². The fourth-order valence-corrected chi connectivity index (χ4v) is 2.45. The Kier molecular flexibility index (Phi) is 6.25. The fraction of sp³-hybridized carbons (Fsp3) is 0.529. The lowest BCUT2D eigenvalue weighted by molar-refractivity contribution is 0.203. The maximum absolute atomic E-state index is 9.13. The van der Waals surface area contributed by atoms with Gasteiger partial charge in [0.2, 0.25) is 0 Å². The molecule has 1 aliphatic rings. The van der Waals surface area contributed by atoms with Gasteiger partial charge in [0.1, 0.15) is 0 Å². The number of nitrogens with one attached hydrogen (secondary N) is 1. The first-order valence-electron chi connectivity index (χ1n) is 7.57. The second-order valence-electron chi connectivity index (χ2n) is 5.49. The maximum Gasteiger partial charge on any atom is 0.0558 e. The van der Waals surface area contributed by atoms with Crippen molar-refractivity contribution in [2.75, 3.05) is 26.2 Å². The van der Waals surface area contributed by atoms with E-state index in [2.05, 4.69) is 41.1 Å². The fourth-order valence-electron chi connectivity index (χ4n) is 2.45.